The summed E-state index contributed by atoms with van der Waals surface area (Å²) in [4.78, 5) is 24.8. The van der Waals surface area contributed by atoms with Gasteiger partial charge in [0.1, 0.15) is 11.6 Å². The normalized spacial score (nSPS) is 10.7. The van der Waals surface area contributed by atoms with Crippen LogP contribution in [0, 0.1) is 5.82 Å². The lowest BCUT2D eigenvalue weighted by molar-refractivity contribution is -0.133. The number of carbonyl (C=O) groups is 2. The fourth-order valence-electron chi connectivity index (χ4n) is 3.21. The molecule has 29 heavy (non-hydrogen) atoms. The first-order valence-corrected chi connectivity index (χ1v) is 9.18. The van der Waals surface area contributed by atoms with E-state index in [4.69, 9.17) is 4.74 Å². The maximum atomic E-state index is 13.0. The monoisotopic (exact) mass is 384 g/mol. The summed E-state index contributed by atoms with van der Waals surface area (Å²) in [6.07, 6.45) is 0.150. The lowest BCUT2D eigenvalue weighted by atomic mass is 10.0. The van der Waals surface area contributed by atoms with Crippen molar-refractivity contribution >= 4 is 22.5 Å². The number of halogens is 1. The van der Waals surface area contributed by atoms with Gasteiger partial charge in [0.15, 0.2) is 5.78 Å². The second-order valence-electron chi connectivity index (χ2n) is 6.65. The highest BCUT2D eigenvalue weighted by atomic mass is 19.1. The molecule has 4 aromatic rings. The Hall–Kier alpha value is -3.79. The maximum Gasteiger partial charge on any atom is 0.315 e. The molecule has 0 unspecified atom stereocenters. The van der Waals surface area contributed by atoms with Gasteiger partial charge in [0.25, 0.3) is 0 Å². The van der Waals surface area contributed by atoms with Crippen LogP contribution in [0.5, 0.6) is 5.75 Å². The molecule has 0 saturated carbocycles. The minimum atomic E-state index is -0.394. The number of rotatable bonds is 5. The first-order valence-electron chi connectivity index (χ1n) is 9.18. The quantitative estimate of drug-likeness (QED) is 0.264. The molecule has 142 valence electrons. The zero-order valence-corrected chi connectivity index (χ0v) is 15.5. The molecule has 0 fully saturated rings. The highest BCUT2D eigenvalue weighted by molar-refractivity contribution is 6.09. The van der Waals surface area contributed by atoms with Crippen LogP contribution in [-0.4, -0.2) is 11.8 Å². The van der Waals surface area contributed by atoms with Gasteiger partial charge in [-0.3, -0.25) is 9.59 Å². The van der Waals surface area contributed by atoms with Gasteiger partial charge in [0.2, 0.25) is 0 Å². The summed E-state index contributed by atoms with van der Waals surface area (Å²) in [5, 5.41) is 2.09. The molecule has 0 bridgehead atoms. The molecule has 0 N–H and O–H groups in total. The summed E-state index contributed by atoms with van der Waals surface area (Å²) in [6, 6.07) is 25.4. The number of ether oxygens (including phenoxy) is 1. The number of esters is 1. The van der Waals surface area contributed by atoms with E-state index in [0.29, 0.717) is 16.9 Å². The third kappa shape index (κ3) is 4.22. The average Bonchev–Trinajstić information content (AvgIpc) is 2.74. The van der Waals surface area contributed by atoms with Gasteiger partial charge in [-0.1, -0.05) is 42.5 Å². The van der Waals surface area contributed by atoms with Gasteiger partial charge in [-0.15, -0.1) is 0 Å². The Balaban J connectivity index is 1.45. The van der Waals surface area contributed by atoms with Crippen molar-refractivity contribution in [2.45, 2.75) is 6.42 Å². The van der Waals surface area contributed by atoms with Crippen molar-refractivity contribution in [3.8, 4) is 5.75 Å². The van der Waals surface area contributed by atoms with Crippen molar-refractivity contribution in [3.05, 3.63) is 114 Å². The third-order valence-corrected chi connectivity index (χ3v) is 4.67. The number of benzene rings is 4. The van der Waals surface area contributed by atoms with Crippen molar-refractivity contribution in [1.29, 1.82) is 0 Å². The summed E-state index contributed by atoms with van der Waals surface area (Å²) in [5.41, 5.74) is 1.73. The molecule has 0 heterocycles. The van der Waals surface area contributed by atoms with Crippen LogP contribution in [0.25, 0.3) is 10.8 Å². The predicted molar refractivity (Wildman–Crippen MR) is 110 cm³/mol. The standard InChI is InChI=1S/C25H17FO3/c26-21-12-8-18(9-13-21)25(28)19-10-14-22(15-11-19)29-24(27)16-20-6-3-5-17-4-1-2-7-23(17)20/h1-15H,16H2. The van der Waals surface area contributed by atoms with Crippen LogP contribution in [0.1, 0.15) is 21.5 Å². The Kier molecular flexibility index (Phi) is 5.16. The smallest absolute Gasteiger partial charge is 0.315 e. The van der Waals surface area contributed by atoms with Gasteiger partial charge in [0, 0.05) is 11.1 Å². The SMILES string of the molecule is O=C(Cc1cccc2ccccc12)Oc1ccc(C(=O)c2ccc(F)cc2)cc1. The number of hydrogen-bond donors (Lipinski definition) is 0. The Labute approximate surface area is 167 Å². The molecular weight excluding hydrogens is 367 g/mol. The van der Waals surface area contributed by atoms with Gasteiger partial charge in [-0.25, -0.2) is 4.39 Å². The molecule has 0 aliphatic rings. The predicted octanol–water partition coefficient (Wildman–Crippen LogP) is 5.36. The molecule has 0 amide bonds. The number of fused-ring (bicyclic) bond motifs is 1. The van der Waals surface area contributed by atoms with Gasteiger partial charge < -0.3 is 4.74 Å². The van der Waals surface area contributed by atoms with Crippen molar-refractivity contribution in [2.75, 3.05) is 0 Å². The zero-order valence-electron chi connectivity index (χ0n) is 15.5. The minimum absolute atomic E-state index is 0.150. The van der Waals surface area contributed by atoms with Crippen LogP contribution >= 0.6 is 0 Å². The molecule has 0 aliphatic carbocycles. The van der Waals surface area contributed by atoms with Crippen molar-refractivity contribution in [1.82, 2.24) is 0 Å². The molecule has 0 saturated heterocycles. The van der Waals surface area contributed by atoms with E-state index >= 15 is 0 Å². The van der Waals surface area contributed by atoms with E-state index in [9.17, 15) is 14.0 Å². The lowest BCUT2D eigenvalue weighted by Crippen LogP contribution is -2.11. The number of carbonyl (C=O) groups excluding carboxylic acids is 2. The van der Waals surface area contributed by atoms with Crippen molar-refractivity contribution in [2.24, 2.45) is 0 Å². The highest BCUT2D eigenvalue weighted by Crippen LogP contribution is 2.20. The van der Waals surface area contributed by atoms with E-state index in [0.717, 1.165) is 16.3 Å². The zero-order chi connectivity index (χ0) is 20.2. The van der Waals surface area contributed by atoms with Crippen molar-refractivity contribution in [3.63, 3.8) is 0 Å². The van der Waals surface area contributed by atoms with Crippen LogP contribution in [0.4, 0.5) is 4.39 Å². The molecule has 4 aromatic carbocycles. The van der Waals surface area contributed by atoms with E-state index in [-0.39, 0.29) is 18.2 Å². The second-order valence-corrected chi connectivity index (χ2v) is 6.65. The molecule has 0 atom stereocenters. The number of ketones is 1. The molecule has 0 radical (unpaired) electrons. The molecule has 0 spiro atoms. The van der Waals surface area contributed by atoms with Crippen LogP contribution in [0.15, 0.2) is 91.0 Å². The van der Waals surface area contributed by atoms with Gasteiger partial charge in [-0.2, -0.15) is 0 Å². The van der Waals surface area contributed by atoms with Crippen molar-refractivity contribution < 1.29 is 18.7 Å². The molecule has 0 aliphatic heterocycles. The second kappa shape index (κ2) is 8.07. The fraction of sp³-hybridized carbons (Fsp3) is 0.0400. The van der Waals surface area contributed by atoms with E-state index in [1.54, 1.807) is 24.3 Å². The van der Waals surface area contributed by atoms with E-state index in [1.807, 2.05) is 42.5 Å². The highest BCUT2D eigenvalue weighted by Gasteiger charge is 2.12. The summed E-state index contributed by atoms with van der Waals surface area (Å²) >= 11 is 0. The molecule has 3 nitrogen and oxygen atoms in total. The Morgan fingerprint density at radius 1 is 0.724 bits per heavy atom. The largest absolute Gasteiger partial charge is 0.426 e. The number of hydrogen-bond acceptors (Lipinski definition) is 3. The Bertz CT molecular complexity index is 1170. The van der Waals surface area contributed by atoms with Crippen LogP contribution in [0.2, 0.25) is 0 Å². The average molecular weight is 384 g/mol. The Morgan fingerprint density at radius 3 is 2.07 bits per heavy atom. The first kappa shape index (κ1) is 18.6. The minimum Gasteiger partial charge on any atom is -0.426 e. The van der Waals surface area contributed by atoms with Gasteiger partial charge in [-0.05, 0) is 64.9 Å². The Morgan fingerprint density at radius 2 is 1.34 bits per heavy atom. The molecular formula is C25H17FO3. The van der Waals surface area contributed by atoms with Gasteiger partial charge >= 0.3 is 5.97 Å². The third-order valence-electron chi connectivity index (χ3n) is 4.67. The van der Waals surface area contributed by atoms with Crippen LogP contribution < -0.4 is 4.74 Å². The molecule has 4 rings (SSSR count). The maximum absolute atomic E-state index is 13.0. The first-order chi connectivity index (χ1) is 14.1. The lowest BCUT2D eigenvalue weighted by Gasteiger charge is -2.08. The topological polar surface area (TPSA) is 43.4 Å². The summed E-state index contributed by atoms with van der Waals surface area (Å²) in [7, 11) is 0. The summed E-state index contributed by atoms with van der Waals surface area (Å²) < 4.78 is 18.4. The fourth-order valence-corrected chi connectivity index (χ4v) is 3.21. The van der Waals surface area contributed by atoms with Crippen LogP contribution in [-0.2, 0) is 11.2 Å². The summed E-state index contributed by atoms with van der Waals surface area (Å²) in [6.45, 7) is 0. The molecule has 4 heteroatoms. The van der Waals surface area contributed by atoms with E-state index < -0.39 is 5.82 Å². The van der Waals surface area contributed by atoms with Crippen LogP contribution in [0.3, 0.4) is 0 Å². The molecule has 0 aromatic heterocycles. The summed E-state index contributed by atoms with van der Waals surface area (Å²) in [5.74, 6) is -0.626. The van der Waals surface area contributed by atoms with E-state index in [2.05, 4.69) is 0 Å². The van der Waals surface area contributed by atoms with Gasteiger partial charge in [0.05, 0.1) is 6.42 Å². The van der Waals surface area contributed by atoms with E-state index in [1.165, 1.54) is 24.3 Å².